The Balaban J connectivity index is 2.41. The standard InChI is InChI=1S/C15H29N3/c1-4-15-8-6-5-7-10-18(15)11-9-14(12-16)17-13(2)3/h13-15,17H,4-11H2,1-3H3. The summed E-state index contributed by atoms with van der Waals surface area (Å²) in [6.45, 7) is 8.78. The third-order valence-corrected chi connectivity index (χ3v) is 3.87. The van der Waals surface area contributed by atoms with Crippen molar-refractivity contribution in [3.8, 4) is 6.07 Å². The van der Waals surface area contributed by atoms with Gasteiger partial charge in [-0.3, -0.25) is 5.32 Å². The Morgan fingerprint density at radius 1 is 1.33 bits per heavy atom. The topological polar surface area (TPSA) is 39.1 Å². The van der Waals surface area contributed by atoms with Crippen LogP contribution in [0.15, 0.2) is 0 Å². The first-order chi connectivity index (χ1) is 8.67. The van der Waals surface area contributed by atoms with Gasteiger partial charge in [0.05, 0.1) is 12.1 Å². The van der Waals surface area contributed by atoms with Gasteiger partial charge < -0.3 is 4.90 Å². The lowest BCUT2D eigenvalue weighted by Gasteiger charge is -2.30. The molecule has 0 bridgehead atoms. The minimum atomic E-state index is 0.00533. The third kappa shape index (κ3) is 5.37. The van der Waals surface area contributed by atoms with Crippen molar-refractivity contribution >= 4 is 0 Å². The van der Waals surface area contributed by atoms with Gasteiger partial charge in [-0.05, 0) is 46.1 Å². The van der Waals surface area contributed by atoms with Crippen LogP contribution in [0, 0.1) is 11.3 Å². The minimum Gasteiger partial charge on any atom is -0.300 e. The molecule has 0 spiro atoms. The van der Waals surface area contributed by atoms with E-state index in [-0.39, 0.29) is 6.04 Å². The molecule has 1 saturated heterocycles. The summed E-state index contributed by atoms with van der Waals surface area (Å²) in [6, 6.07) is 3.52. The molecule has 0 amide bonds. The predicted octanol–water partition coefficient (Wildman–Crippen LogP) is 2.92. The first-order valence-electron chi connectivity index (χ1n) is 7.57. The van der Waals surface area contributed by atoms with Gasteiger partial charge in [0.15, 0.2) is 0 Å². The van der Waals surface area contributed by atoms with Crippen LogP contribution in [-0.2, 0) is 0 Å². The average Bonchev–Trinajstić information content (AvgIpc) is 2.58. The number of hydrogen-bond acceptors (Lipinski definition) is 3. The van der Waals surface area contributed by atoms with Crippen LogP contribution >= 0.6 is 0 Å². The van der Waals surface area contributed by atoms with Crippen molar-refractivity contribution in [2.24, 2.45) is 0 Å². The average molecular weight is 251 g/mol. The van der Waals surface area contributed by atoms with Crippen molar-refractivity contribution in [3.05, 3.63) is 0 Å². The van der Waals surface area contributed by atoms with Crippen molar-refractivity contribution in [2.75, 3.05) is 13.1 Å². The van der Waals surface area contributed by atoms with Gasteiger partial charge in [-0.15, -0.1) is 0 Å². The normalized spacial score (nSPS) is 23.6. The van der Waals surface area contributed by atoms with Crippen LogP contribution in [0.25, 0.3) is 0 Å². The van der Waals surface area contributed by atoms with Crippen LogP contribution in [0.3, 0.4) is 0 Å². The molecule has 1 fully saturated rings. The maximum Gasteiger partial charge on any atom is 0.0967 e. The van der Waals surface area contributed by atoms with Gasteiger partial charge in [-0.1, -0.05) is 19.8 Å². The molecule has 0 aliphatic carbocycles. The van der Waals surface area contributed by atoms with E-state index in [0.717, 1.165) is 19.0 Å². The number of rotatable bonds is 6. The molecule has 0 aromatic carbocycles. The Kier molecular flexibility index (Phi) is 7.31. The fourth-order valence-corrected chi connectivity index (χ4v) is 2.88. The van der Waals surface area contributed by atoms with E-state index >= 15 is 0 Å². The molecular weight excluding hydrogens is 222 g/mol. The highest BCUT2D eigenvalue weighted by atomic mass is 15.2. The van der Waals surface area contributed by atoms with Crippen LogP contribution in [0.2, 0.25) is 0 Å². The SMILES string of the molecule is CCC1CCCCCN1CCC(C#N)NC(C)C. The van der Waals surface area contributed by atoms with Crippen molar-refractivity contribution in [3.63, 3.8) is 0 Å². The lowest BCUT2D eigenvalue weighted by Crippen LogP contribution is -2.40. The molecule has 3 heteroatoms. The number of likely N-dealkylation sites (tertiary alicyclic amines) is 1. The fraction of sp³-hybridized carbons (Fsp3) is 0.933. The third-order valence-electron chi connectivity index (χ3n) is 3.87. The summed E-state index contributed by atoms with van der Waals surface area (Å²) in [5.74, 6) is 0. The van der Waals surface area contributed by atoms with Crippen molar-refractivity contribution in [1.82, 2.24) is 10.2 Å². The summed E-state index contributed by atoms with van der Waals surface area (Å²) in [6.07, 6.45) is 7.61. The highest BCUT2D eigenvalue weighted by molar-refractivity contribution is 4.91. The van der Waals surface area contributed by atoms with Crippen LogP contribution < -0.4 is 5.32 Å². The molecule has 1 rings (SSSR count). The first-order valence-corrected chi connectivity index (χ1v) is 7.57. The zero-order valence-corrected chi connectivity index (χ0v) is 12.3. The van der Waals surface area contributed by atoms with E-state index < -0.39 is 0 Å². The van der Waals surface area contributed by atoms with Crippen molar-refractivity contribution < 1.29 is 0 Å². The van der Waals surface area contributed by atoms with Gasteiger partial charge in [0.2, 0.25) is 0 Å². The zero-order valence-electron chi connectivity index (χ0n) is 12.3. The van der Waals surface area contributed by atoms with Gasteiger partial charge in [0.25, 0.3) is 0 Å². The van der Waals surface area contributed by atoms with E-state index in [4.69, 9.17) is 5.26 Å². The highest BCUT2D eigenvalue weighted by Gasteiger charge is 2.20. The monoisotopic (exact) mass is 251 g/mol. The van der Waals surface area contributed by atoms with E-state index in [1.807, 2.05) is 0 Å². The Morgan fingerprint density at radius 3 is 2.72 bits per heavy atom. The largest absolute Gasteiger partial charge is 0.300 e. The molecule has 2 atom stereocenters. The Bertz CT molecular complexity index is 257. The molecule has 0 aromatic rings. The number of nitriles is 1. The van der Waals surface area contributed by atoms with Crippen molar-refractivity contribution in [1.29, 1.82) is 5.26 Å². The van der Waals surface area contributed by atoms with Crippen LogP contribution in [0.4, 0.5) is 0 Å². The first kappa shape index (κ1) is 15.5. The predicted molar refractivity (Wildman–Crippen MR) is 76.4 cm³/mol. The molecule has 3 nitrogen and oxygen atoms in total. The summed E-state index contributed by atoms with van der Waals surface area (Å²) in [5.41, 5.74) is 0. The summed E-state index contributed by atoms with van der Waals surface area (Å²) in [7, 11) is 0. The lowest BCUT2D eigenvalue weighted by atomic mass is 10.1. The van der Waals surface area contributed by atoms with Crippen LogP contribution in [-0.4, -0.2) is 36.1 Å². The van der Waals surface area contributed by atoms with E-state index in [9.17, 15) is 0 Å². The van der Waals surface area contributed by atoms with Crippen molar-refractivity contribution in [2.45, 2.75) is 77.4 Å². The van der Waals surface area contributed by atoms with Gasteiger partial charge in [0.1, 0.15) is 0 Å². The number of nitrogens with one attached hydrogen (secondary N) is 1. The maximum atomic E-state index is 9.15. The summed E-state index contributed by atoms with van der Waals surface area (Å²) in [4.78, 5) is 2.61. The van der Waals surface area contributed by atoms with Gasteiger partial charge in [-0.25, -0.2) is 0 Å². The van der Waals surface area contributed by atoms with E-state index in [2.05, 4.69) is 37.1 Å². The molecule has 0 aromatic heterocycles. The Hall–Kier alpha value is -0.590. The molecule has 1 N–H and O–H groups in total. The number of nitrogens with zero attached hydrogens (tertiary/aromatic N) is 2. The second kappa shape index (κ2) is 8.50. The lowest BCUT2D eigenvalue weighted by molar-refractivity contribution is 0.187. The molecular formula is C15H29N3. The van der Waals surface area contributed by atoms with Gasteiger partial charge in [0, 0.05) is 18.6 Å². The second-order valence-corrected chi connectivity index (χ2v) is 5.74. The summed E-state index contributed by atoms with van der Waals surface area (Å²) in [5, 5.41) is 12.5. The van der Waals surface area contributed by atoms with E-state index in [0.29, 0.717) is 6.04 Å². The molecule has 0 radical (unpaired) electrons. The molecule has 0 saturated carbocycles. The van der Waals surface area contributed by atoms with Crippen LogP contribution in [0.5, 0.6) is 0 Å². The molecule has 1 heterocycles. The molecule has 18 heavy (non-hydrogen) atoms. The fourth-order valence-electron chi connectivity index (χ4n) is 2.88. The molecule has 1 aliphatic rings. The Labute approximate surface area is 113 Å². The smallest absolute Gasteiger partial charge is 0.0967 e. The summed E-state index contributed by atoms with van der Waals surface area (Å²) < 4.78 is 0. The molecule has 1 aliphatic heterocycles. The van der Waals surface area contributed by atoms with Gasteiger partial charge in [-0.2, -0.15) is 5.26 Å². The summed E-state index contributed by atoms with van der Waals surface area (Å²) >= 11 is 0. The van der Waals surface area contributed by atoms with Gasteiger partial charge >= 0.3 is 0 Å². The quantitative estimate of drug-likeness (QED) is 0.789. The molecule has 2 unspecified atom stereocenters. The maximum absolute atomic E-state index is 9.15. The second-order valence-electron chi connectivity index (χ2n) is 5.74. The van der Waals surface area contributed by atoms with Crippen LogP contribution in [0.1, 0.15) is 59.3 Å². The van der Waals surface area contributed by atoms with E-state index in [1.54, 1.807) is 0 Å². The molecule has 104 valence electrons. The highest BCUT2D eigenvalue weighted by Crippen LogP contribution is 2.19. The zero-order chi connectivity index (χ0) is 13.4. The Morgan fingerprint density at radius 2 is 2.11 bits per heavy atom. The minimum absolute atomic E-state index is 0.00533. The number of hydrogen-bond donors (Lipinski definition) is 1. The van der Waals surface area contributed by atoms with E-state index in [1.165, 1.54) is 38.6 Å².